The molecule has 102 valence electrons. The average Bonchev–Trinajstić information content (AvgIpc) is 3.04. The van der Waals surface area contributed by atoms with Gasteiger partial charge in [-0.2, -0.15) is 5.10 Å². The first-order valence-electron chi connectivity index (χ1n) is 6.24. The van der Waals surface area contributed by atoms with Crippen LogP contribution in [0.25, 0.3) is 5.03 Å². The highest BCUT2D eigenvalue weighted by atomic mass is 32.2. The van der Waals surface area contributed by atoms with Crippen LogP contribution >= 0.6 is 0 Å². The lowest BCUT2D eigenvalue weighted by molar-refractivity contribution is -0.114. The fourth-order valence-corrected chi connectivity index (χ4v) is 2.86. The van der Waals surface area contributed by atoms with Gasteiger partial charge in [-0.1, -0.05) is 30.3 Å². The number of nitrogens with one attached hydrogen (secondary N) is 1. The van der Waals surface area contributed by atoms with Crippen molar-refractivity contribution in [1.82, 2.24) is 14.5 Å². The molecule has 1 aliphatic rings. The number of rotatable bonds is 4. The SMILES string of the molecule is O=C1C=C(n2cc(CCc3ccccc3)cn2)S(=O)N1. The van der Waals surface area contributed by atoms with E-state index in [1.54, 1.807) is 6.20 Å². The summed E-state index contributed by atoms with van der Waals surface area (Å²) < 4.78 is 15.4. The molecule has 20 heavy (non-hydrogen) atoms. The van der Waals surface area contributed by atoms with Crippen molar-refractivity contribution in [3.8, 4) is 0 Å². The van der Waals surface area contributed by atoms with Crippen molar-refractivity contribution < 1.29 is 9.00 Å². The van der Waals surface area contributed by atoms with Crippen molar-refractivity contribution in [3.63, 3.8) is 0 Å². The summed E-state index contributed by atoms with van der Waals surface area (Å²) in [6.07, 6.45) is 6.64. The summed E-state index contributed by atoms with van der Waals surface area (Å²) in [6, 6.07) is 10.2. The zero-order valence-corrected chi connectivity index (χ0v) is 11.5. The number of benzene rings is 1. The van der Waals surface area contributed by atoms with Gasteiger partial charge in [0.25, 0.3) is 5.91 Å². The van der Waals surface area contributed by atoms with Gasteiger partial charge in [-0.05, 0) is 24.0 Å². The number of hydrogen-bond donors (Lipinski definition) is 1. The zero-order chi connectivity index (χ0) is 13.9. The molecule has 1 atom stereocenters. The first-order valence-corrected chi connectivity index (χ1v) is 7.39. The molecule has 0 saturated carbocycles. The van der Waals surface area contributed by atoms with E-state index in [1.807, 2.05) is 24.4 Å². The van der Waals surface area contributed by atoms with Gasteiger partial charge in [0.05, 0.1) is 6.20 Å². The molecule has 1 aliphatic heterocycles. The smallest absolute Gasteiger partial charge is 0.258 e. The zero-order valence-electron chi connectivity index (χ0n) is 10.7. The summed E-state index contributed by atoms with van der Waals surface area (Å²) in [5.74, 6) is -0.348. The summed E-state index contributed by atoms with van der Waals surface area (Å²) in [5, 5.41) is 4.53. The summed E-state index contributed by atoms with van der Waals surface area (Å²) in [7, 11) is -1.51. The number of aromatic nitrogens is 2. The highest BCUT2D eigenvalue weighted by Crippen LogP contribution is 2.14. The Morgan fingerprint density at radius 2 is 1.90 bits per heavy atom. The number of aryl methyl sites for hydroxylation is 2. The van der Waals surface area contributed by atoms with Crippen LogP contribution in [0.15, 0.2) is 48.8 Å². The van der Waals surface area contributed by atoms with E-state index in [1.165, 1.54) is 16.3 Å². The minimum absolute atomic E-state index is 0.348. The Bertz CT molecular complexity index is 691. The van der Waals surface area contributed by atoms with Crippen LogP contribution in [-0.4, -0.2) is 19.9 Å². The first-order chi connectivity index (χ1) is 9.72. The standard InChI is InChI=1S/C14H13N3O2S/c18-13-8-14(20(19)16-13)17-10-12(9-15-17)7-6-11-4-2-1-3-5-11/h1-5,8-10H,6-7H2,(H,16,18). The second-order valence-corrected chi connectivity index (χ2v) is 5.66. The van der Waals surface area contributed by atoms with Crippen LogP contribution in [0.4, 0.5) is 0 Å². The van der Waals surface area contributed by atoms with Crippen LogP contribution in [0.1, 0.15) is 11.1 Å². The fraction of sp³-hybridized carbons (Fsp3) is 0.143. The van der Waals surface area contributed by atoms with E-state index in [-0.39, 0.29) is 5.91 Å². The van der Waals surface area contributed by atoms with Crippen LogP contribution in [-0.2, 0) is 28.6 Å². The molecule has 0 fully saturated rings. The number of nitrogens with zero attached hydrogens (tertiary/aromatic N) is 2. The van der Waals surface area contributed by atoms with E-state index < -0.39 is 11.0 Å². The molecule has 0 saturated heterocycles. The summed E-state index contributed by atoms with van der Waals surface area (Å²) >= 11 is 0. The molecule has 3 rings (SSSR count). The molecule has 0 aliphatic carbocycles. The third-order valence-electron chi connectivity index (χ3n) is 3.04. The quantitative estimate of drug-likeness (QED) is 0.920. The average molecular weight is 287 g/mol. The molecule has 0 radical (unpaired) electrons. The Morgan fingerprint density at radius 1 is 1.15 bits per heavy atom. The fourth-order valence-electron chi connectivity index (χ4n) is 2.03. The van der Waals surface area contributed by atoms with Crippen molar-refractivity contribution in [2.75, 3.05) is 0 Å². The minimum atomic E-state index is -1.51. The molecule has 0 spiro atoms. The van der Waals surface area contributed by atoms with Crippen molar-refractivity contribution in [2.45, 2.75) is 12.8 Å². The van der Waals surface area contributed by atoms with Gasteiger partial charge in [0.2, 0.25) is 0 Å². The molecule has 6 heteroatoms. The minimum Gasteiger partial charge on any atom is -0.269 e. The molecule has 1 aromatic heterocycles. The molecule has 2 aromatic rings. The Hall–Kier alpha value is -2.21. The van der Waals surface area contributed by atoms with E-state index in [0.717, 1.165) is 18.4 Å². The van der Waals surface area contributed by atoms with Crippen LogP contribution in [0, 0.1) is 0 Å². The molecule has 5 nitrogen and oxygen atoms in total. The molecular formula is C14H13N3O2S. The molecular weight excluding hydrogens is 274 g/mol. The lowest BCUT2D eigenvalue weighted by Gasteiger charge is -2.00. The number of carbonyl (C=O) groups excluding carboxylic acids is 1. The van der Waals surface area contributed by atoms with E-state index in [4.69, 9.17) is 0 Å². The van der Waals surface area contributed by atoms with Gasteiger partial charge in [-0.15, -0.1) is 0 Å². The molecule has 1 N–H and O–H groups in total. The topological polar surface area (TPSA) is 64.0 Å². The van der Waals surface area contributed by atoms with Gasteiger partial charge in [0.15, 0.2) is 16.0 Å². The largest absolute Gasteiger partial charge is 0.269 e. The van der Waals surface area contributed by atoms with Gasteiger partial charge in [-0.3, -0.25) is 9.52 Å². The van der Waals surface area contributed by atoms with E-state index >= 15 is 0 Å². The Morgan fingerprint density at radius 3 is 2.60 bits per heavy atom. The highest BCUT2D eigenvalue weighted by Gasteiger charge is 2.21. The van der Waals surface area contributed by atoms with Gasteiger partial charge in [-0.25, -0.2) is 8.89 Å². The van der Waals surface area contributed by atoms with Crippen molar-refractivity contribution in [1.29, 1.82) is 0 Å². The predicted octanol–water partition coefficient (Wildman–Crippen LogP) is 1.26. The molecule has 1 amide bonds. The van der Waals surface area contributed by atoms with Crippen LogP contribution in [0.3, 0.4) is 0 Å². The van der Waals surface area contributed by atoms with Gasteiger partial charge >= 0.3 is 0 Å². The predicted molar refractivity (Wildman–Crippen MR) is 76.6 cm³/mol. The van der Waals surface area contributed by atoms with Crippen LogP contribution < -0.4 is 4.72 Å². The molecule has 0 bridgehead atoms. The number of amides is 1. The maximum atomic E-state index is 11.6. The van der Waals surface area contributed by atoms with Gasteiger partial charge < -0.3 is 0 Å². The Labute approximate surface area is 118 Å². The Balaban J connectivity index is 1.70. The Kier molecular flexibility index (Phi) is 3.47. The first kappa shape index (κ1) is 12.8. The second-order valence-electron chi connectivity index (χ2n) is 4.50. The monoisotopic (exact) mass is 287 g/mol. The van der Waals surface area contributed by atoms with Crippen molar-refractivity contribution in [3.05, 3.63) is 59.9 Å². The number of carbonyl (C=O) groups is 1. The molecule has 2 heterocycles. The maximum absolute atomic E-state index is 11.6. The third-order valence-corrected chi connectivity index (χ3v) is 4.12. The van der Waals surface area contributed by atoms with Gasteiger partial charge in [0, 0.05) is 12.3 Å². The molecule has 1 aromatic carbocycles. The lowest BCUT2D eigenvalue weighted by Crippen LogP contribution is -2.17. The van der Waals surface area contributed by atoms with E-state index in [0.29, 0.717) is 5.03 Å². The maximum Gasteiger partial charge on any atom is 0.258 e. The van der Waals surface area contributed by atoms with Crippen molar-refractivity contribution in [2.24, 2.45) is 0 Å². The normalized spacial score (nSPS) is 17.9. The second kappa shape index (κ2) is 5.42. The summed E-state index contributed by atoms with van der Waals surface area (Å²) in [6.45, 7) is 0. The summed E-state index contributed by atoms with van der Waals surface area (Å²) in [4.78, 5) is 11.1. The van der Waals surface area contributed by atoms with Gasteiger partial charge in [0.1, 0.15) is 0 Å². The third kappa shape index (κ3) is 2.70. The summed E-state index contributed by atoms with van der Waals surface area (Å²) in [5.41, 5.74) is 2.31. The molecule has 1 unspecified atom stereocenters. The van der Waals surface area contributed by atoms with Crippen LogP contribution in [0.5, 0.6) is 0 Å². The van der Waals surface area contributed by atoms with E-state index in [2.05, 4.69) is 22.0 Å². The van der Waals surface area contributed by atoms with E-state index in [9.17, 15) is 9.00 Å². The highest BCUT2D eigenvalue weighted by molar-refractivity contribution is 7.93. The number of hydrogen-bond acceptors (Lipinski definition) is 3. The van der Waals surface area contributed by atoms with Crippen LogP contribution in [0.2, 0.25) is 0 Å². The van der Waals surface area contributed by atoms with Crippen molar-refractivity contribution >= 4 is 21.9 Å². The lowest BCUT2D eigenvalue weighted by atomic mass is 10.1.